The highest BCUT2D eigenvalue weighted by molar-refractivity contribution is 8.00. The number of aromatic amines is 2. The fourth-order valence-corrected chi connectivity index (χ4v) is 4.66. The first-order valence-electron chi connectivity index (χ1n) is 10.5. The lowest BCUT2D eigenvalue weighted by Gasteiger charge is -2.03. The van der Waals surface area contributed by atoms with E-state index in [9.17, 15) is 9.59 Å². The monoisotopic (exact) mass is 508 g/mol. The second-order valence-corrected chi connectivity index (χ2v) is 9.69. The number of anilines is 2. The van der Waals surface area contributed by atoms with Crippen molar-refractivity contribution in [1.29, 1.82) is 0 Å². The fourth-order valence-electron chi connectivity index (χ4n) is 3.29. The molecule has 0 saturated heterocycles. The molecule has 0 aliphatic carbocycles. The summed E-state index contributed by atoms with van der Waals surface area (Å²) in [5.74, 6) is -0.447. The summed E-state index contributed by atoms with van der Waals surface area (Å²) < 4.78 is 4.70. The van der Waals surface area contributed by atoms with Crippen molar-refractivity contribution in [2.45, 2.75) is 24.2 Å². The summed E-state index contributed by atoms with van der Waals surface area (Å²) in [7, 11) is 0. The number of hydrogen-bond acceptors (Lipinski definition) is 9. The number of benzene rings is 2. The van der Waals surface area contributed by atoms with Crippen LogP contribution in [0.15, 0.2) is 51.3 Å². The van der Waals surface area contributed by atoms with Crippen LogP contribution in [-0.2, 0) is 9.59 Å². The van der Waals surface area contributed by atoms with Crippen LogP contribution in [0.3, 0.4) is 0 Å². The molecular formula is C22H20N8O3S2. The number of thioether (sulfide) groups is 2. The number of nitrogens with zero attached hydrogens (tertiary/aromatic N) is 4. The number of amides is 2. The lowest BCUT2D eigenvalue weighted by atomic mass is 10.2. The first-order valence-corrected chi connectivity index (χ1v) is 12.5. The predicted molar refractivity (Wildman–Crippen MR) is 135 cm³/mol. The molecule has 11 nitrogen and oxygen atoms in total. The van der Waals surface area contributed by atoms with Crippen molar-refractivity contribution in [3.8, 4) is 0 Å². The average Bonchev–Trinajstić information content (AvgIpc) is 3.54. The largest absolute Gasteiger partial charge is 0.333 e. The molecule has 5 rings (SSSR count). The Morgan fingerprint density at radius 1 is 0.800 bits per heavy atom. The van der Waals surface area contributed by atoms with Crippen molar-refractivity contribution in [2.75, 3.05) is 22.1 Å². The molecule has 0 atom stereocenters. The van der Waals surface area contributed by atoms with Crippen LogP contribution in [0.4, 0.5) is 11.6 Å². The highest BCUT2D eigenvalue weighted by Gasteiger charge is 2.17. The summed E-state index contributed by atoms with van der Waals surface area (Å²) in [6.45, 7) is 4.00. The molecule has 0 aliphatic heterocycles. The number of rotatable bonds is 8. The number of carbonyl (C=O) groups is 2. The minimum absolute atomic E-state index is 0.0355. The van der Waals surface area contributed by atoms with E-state index in [2.05, 4.69) is 40.9 Å². The summed E-state index contributed by atoms with van der Waals surface area (Å²) in [6.07, 6.45) is 0. The van der Waals surface area contributed by atoms with E-state index >= 15 is 0 Å². The average molecular weight is 509 g/mol. The van der Waals surface area contributed by atoms with E-state index in [4.69, 9.17) is 4.63 Å². The van der Waals surface area contributed by atoms with Gasteiger partial charge >= 0.3 is 0 Å². The standard InChI is InChI=1S/C22H20N8O3S2/c1-11-3-5-13-15(7-11)25-21(23-13)34-9-17(31)27-19-20(30-33-29-19)28-18(32)10-35-22-24-14-6-4-12(2)8-16(14)26-22/h3-8H,9-10H2,1-2H3,(H,23,25)(H,24,26)(H,27,29,31)(H,28,30,32). The highest BCUT2D eigenvalue weighted by Crippen LogP contribution is 2.23. The molecule has 2 aromatic carbocycles. The first-order chi connectivity index (χ1) is 16.9. The van der Waals surface area contributed by atoms with Gasteiger partial charge in [0.05, 0.1) is 33.6 Å². The highest BCUT2D eigenvalue weighted by atomic mass is 32.2. The Hall–Kier alpha value is -3.84. The Balaban J connectivity index is 1.13. The van der Waals surface area contributed by atoms with E-state index in [0.29, 0.717) is 10.3 Å². The molecule has 3 aromatic heterocycles. The summed E-state index contributed by atoms with van der Waals surface area (Å²) >= 11 is 2.50. The smallest absolute Gasteiger partial charge is 0.236 e. The zero-order valence-electron chi connectivity index (χ0n) is 18.7. The maximum Gasteiger partial charge on any atom is 0.236 e. The van der Waals surface area contributed by atoms with Gasteiger partial charge in [0.2, 0.25) is 23.5 Å². The Kier molecular flexibility index (Phi) is 6.42. The minimum Gasteiger partial charge on any atom is -0.333 e. The second kappa shape index (κ2) is 9.80. The van der Waals surface area contributed by atoms with Gasteiger partial charge in [-0.3, -0.25) is 9.59 Å². The quantitative estimate of drug-likeness (QED) is 0.228. The third kappa shape index (κ3) is 5.46. The number of fused-ring (bicyclic) bond motifs is 2. The molecule has 0 spiro atoms. The summed E-state index contributed by atoms with van der Waals surface area (Å²) in [4.78, 5) is 40.1. The van der Waals surface area contributed by atoms with Gasteiger partial charge in [-0.1, -0.05) is 35.7 Å². The SMILES string of the molecule is Cc1ccc2nc(SCC(=O)Nc3nonc3NC(=O)CSc3nc4ccc(C)cc4[nH]3)[nH]c2c1. The summed E-state index contributed by atoms with van der Waals surface area (Å²) in [5, 5.41) is 13.8. The molecule has 0 aliphatic rings. The molecule has 2 amide bonds. The van der Waals surface area contributed by atoms with Crippen molar-refractivity contribution in [2.24, 2.45) is 0 Å². The van der Waals surface area contributed by atoms with Crippen LogP contribution in [0, 0.1) is 13.8 Å². The number of aryl methyl sites for hydroxylation is 2. The van der Waals surface area contributed by atoms with Gasteiger partial charge in [0.25, 0.3) is 0 Å². The van der Waals surface area contributed by atoms with Gasteiger partial charge < -0.3 is 20.6 Å². The lowest BCUT2D eigenvalue weighted by molar-refractivity contribution is -0.114. The number of imidazole rings is 2. The van der Waals surface area contributed by atoms with Crippen LogP contribution in [0.1, 0.15) is 11.1 Å². The van der Waals surface area contributed by atoms with Crippen molar-refractivity contribution in [3.63, 3.8) is 0 Å². The number of aromatic nitrogens is 6. The van der Waals surface area contributed by atoms with E-state index in [1.165, 1.54) is 23.5 Å². The molecule has 0 radical (unpaired) electrons. The number of H-pyrrole nitrogens is 2. The molecule has 0 unspecified atom stereocenters. The molecule has 3 heterocycles. The Morgan fingerprint density at radius 3 is 1.71 bits per heavy atom. The Morgan fingerprint density at radius 2 is 1.26 bits per heavy atom. The fraction of sp³-hybridized carbons (Fsp3) is 0.182. The van der Waals surface area contributed by atoms with Crippen molar-refractivity contribution in [3.05, 3.63) is 47.5 Å². The zero-order valence-corrected chi connectivity index (χ0v) is 20.3. The molecule has 35 heavy (non-hydrogen) atoms. The summed E-state index contributed by atoms with van der Waals surface area (Å²) in [6, 6.07) is 11.8. The topological polar surface area (TPSA) is 154 Å². The third-order valence-electron chi connectivity index (χ3n) is 4.92. The molecular weight excluding hydrogens is 488 g/mol. The van der Waals surface area contributed by atoms with Crippen LogP contribution in [0.5, 0.6) is 0 Å². The minimum atomic E-state index is -0.343. The number of carbonyl (C=O) groups excluding carboxylic acids is 2. The van der Waals surface area contributed by atoms with Crippen LogP contribution in [0.25, 0.3) is 22.1 Å². The summed E-state index contributed by atoms with van der Waals surface area (Å²) in [5.41, 5.74) is 5.73. The van der Waals surface area contributed by atoms with E-state index in [0.717, 1.165) is 33.2 Å². The molecule has 0 bridgehead atoms. The van der Waals surface area contributed by atoms with Gasteiger partial charge in [0.15, 0.2) is 10.3 Å². The van der Waals surface area contributed by atoms with Crippen LogP contribution < -0.4 is 10.6 Å². The normalized spacial score (nSPS) is 11.3. The molecule has 178 valence electrons. The third-order valence-corrected chi connectivity index (χ3v) is 6.66. The number of hydrogen-bond donors (Lipinski definition) is 4. The zero-order chi connectivity index (χ0) is 24.4. The van der Waals surface area contributed by atoms with Gasteiger partial charge in [-0.25, -0.2) is 14.6 Å². The number of nitrogens with one attached hydrogen (secondary N) is 4. The van der Waals surface area contributed by atoms with Crippen molar-refractivity contribution < 1.29 is 14.2 Å². The van der Waals surface area contributed by atoms with Crippen molar-refractivity contribution in [1.82, 2.24) is 30.2 Å². The van der Waals surface area contributed by atoms with E-state index in [1.54, 1.807) is 0 Å². The van der Waals surface area contributed by atoms with Gasteiger partial charge in [-0.05, 0) is 59.6 Å². The van der Waals surface area contributed by atoms with E-state index in [-0.39, 0.29) is 35.0 Å². The van der Waals surface area contributed by atoms with Gasteiger partial charge in [-0.2, -0.15) is 0 Å². The molecule has 5 aromatic rings. The van der Waals surface area contributed by atoms with E-state index < -0.39 is 0 Å². The maximum atomic E-state index is 12.4. The Bertz CT molecular complexity index is 1430. The second-order valence-electron chi connectivity index (χ2n) is 7.76. The van der Waals surface area contributed by atoms with E-state index in [1.807, 2.05) is 50.2 Å². The molecule has 0 fully saturated rings. The molecule has 13 heteroatoms. The van der Waals surface area contributed by atoms with Crippen LogP contribution in [-0.4, -0.2) is 53.6 Å². The first kappa shape index (κ1) is 22.9. The maximum absolute atomic E-state index is 12.4. The van der Waals surface area contributed by atoms with Crippen molar-refractivity contribution >= 4 is 69.0 Å². The molecule has 4 N–H and O–H groups in total. The molecule has 0 saturated carbocycles. The van der Waals surface area contributed by atoms with Gasteiger partial charge in [0, 0.05) is 0 Å². The van der Waals surface area contributed by atoms with Crippen LogP contribution in [0.2, 0.25) is 0 Å². The van der Waals surface area contributed by atoms with Gasteiger partial charge in [0.1, 0.15) is 0 Å². The van der Waals surface area contributed by atoms with Gasteiger partial charge in [-0.15, -0.1) is 0 Å². The Labute approximate surface area is 207 Å². The van der Waals surface area contributed by atoms with Crippen LogP contribution >= 0.6 is 23.5 Å². The predicted octanol–water partition coefficient (Wildman–Crippen LogP) is 3.90. The lowest BCUT2D eigenvalue weighted by Crippen LogP contribution is -2.19.